The molecule has 1 fully saturated rings. The molecule has 0 unspecified atom stereocenters. The number of benzene rings is 1. The Morgan fingerprint density at radius 2 is 2.00 bits per heavy atom. The molecule has 0 spiro atoms. The molecule has 0 saturated carbocycles. The Labute approximate surface area is 171 Å². The second kappa shape index (κ2) is 8.82. The fourth-order valence-corrected chi connectivity index (χ4v) is 3.41. The molecule has 2 N–H and O–H groups in total. The fourth-order valence-electron chi connectivity index (χ4n) is 3.41. The van der Waals surface area contributed by atoms with Gasteiger partial charge in [0.1, 0.15) is 23.8 Å². The summed E-state index contributed by atoms with van der Waals surface area (Å²) in [6, 6.07) is 4.62. The van der Waals surface area contributed by atoms with Crippen LogP contribution in [0.3, 0.4) is 0 Å². The summed E-state index contributed by atoms with van der Waals surface area (Å²) < 4.78 is 17.8. The minimum absolute atomic E-state index is 0.0724. The van der Waals surface area contributed by atoms with Crippen molar-refractivity contribution in [2.75, 3.05) is 20.8 Å². The number of Topliss-reactive ketones (excluding diaryl/α,β-unsaturated/α-hetero) is 1. The van der Waals surface area contributed by atoms with E-state index in [1.807, 2.05) is 0 Å². The van der Waals surface area contributed by atoms with Crippen molar-refractivity contribution in [3.8, 4) is 11.5 Å². The minimum Gasteiger partial charge on any atom is -0.497 e. The summed E-state index contributed by atoms with van der Waals surface area (Å²) in [4.78, 5) is 38.4. The van der Waals surface area contributed by atoms with E-state index in [4.69, 9.17) is 14.2 Å². The number of ketones is 1. The van der Waals surface area contributed by atoms with E-state index >= 15 is 0 Å². The second-order valence-electron chi connectivity index (χ2n) is 7.00. The molecule has 3 rings (SSSR count). The number of aromatic nitrogens is 2. The predicted molar refractivity (Wildman–Crippen MR) is 105 cm³/mol. The second-order valence-corrected chi connectivity index (χ2v) is 7.00. The summed E-state index contributed by atoms with van der Waals surface area (Å²) in [6.45, 7) is 0.615. The normalized spacial score (nSPS) is 20.9. The van der Waals surface area contributed by atoms with Gasteiger partial charge in [-0.2, -0.15) is 0 Å². The molecule has 0 radical (unpaired) electrons. The van der Waals surface area contributed by atoms with Crippen LogP contribution in [0.25, 0.3) is 0 Å². The van der Waals surface area contributed by atoms with Crippen molar-refractivity contribution in [3.05, 3.63) is 56.4 Å². The Hall–Kier alpha value is -2.95. The average Bonchev–Trinajstić information content (AvgIpc) is 3.13. The molecule has 162 valence electrons. The van der Waals surface area contributed by atoms with Crippen LogP contribution in [0.2, 0.25) is 0 Å². The van der Waals surface area contributed by atoms with E-state index in [0.717, 1.165) is 9.13 Å². The molecule has 1 aromatic carbocycles. The largest absolute Gasteiger partial charge is 0.497 e. The van der Waals surface area contributed by atoms with E-state index < -0.39 is 48.6 Å². The van der Waals surface area contributed by atoms with Crippen LogP contribution in [0, 0.1) is 6.92 Å². The van der Waals surface area contributed by atoms with Crippen LogP contribution in [-0.2, 0) is 11.3 Å². The smallest absolute Gasteiger partial charge is 0.333 e. The Balaban J connectivity index is 1.97. The third-order valence-corrected chi connectivity index (χ3v) is 5.07. The zero-order chi connectivity index (χ0) is 22.0. The first-order valence-corrected chi connectivity index (χ1v) is 9.32. The standard InChI is InChI=1S/C20H24N2O8/c1-11-8-21(18-7-14(24)17(10-23)30-18)20(27)22(19(11)26)9-15(25)13-5-4-12(28-2)6-16(13)29-3/h4-6,8,14,17-18,23-24H,7,9-10H2,1-3H3/t14-,17+,18+/m0/s1. The lowest BCUT2D eigenvalue weighted by molar-refractivity contribution is -0.0463. The highest BCUT2D eigenvalue weighted by atomic mass is 16.5. The maximum absolute atomic E-state index is 13.0. The molecule has 1 aliphatic heterocycles. The van der Waals surface area contributed by atoms with Gasteiger partial charge in [0.15, 0.2) is 5.78 Å². The van der Waals surface area contributed by atoms with Gasteiger partial charge in [-0.15, -0.1) is 0 Å². The van der Waals surface area contributed by atoms with Gasteiger partial charge in [-0.1, -0.05) is 0 Å². The average molecular weight is 420 g/mol. The molecule has 2 aromatic rings. The third kappa shape index (κ3) is 4.02. The van der Waals surface area contributed by atoms with Crippen molar-refractivity contribution < 1.29 is 29.2 Å². The number of carbonyl (C=O) groups excluding carboxylic acids is 1. The molecule has 30 heavy (non-hydrogen) atoms. The lowest BCUT2D eigenvalue weighted by Gasteiger charge is -2.17. The Kier molecular flexibility index (Phi) is 6.40. The summed E-state index contributed by atoms with van der Waals surface area (Å²) in [7, 11) is 2.88. The topological polar surface area (TPSA) is 129 Å². The number of ether oxygens (including phenoxy) is 3. The SMILES string of the molecule is COc1ccc(C(=O)Cn2c(=O)c(C)cn([C@H]3C[C@H](O)[C@@H](CO)O3)c2=O)c(OC)c1. The van der Waals surface area contributed by atoms with Crippen molar-refractivity contribution >= 4 is 5.78 Å². The van der Waals surface area contributed by atoms with E-state index in [0.29, 0.717) is 5.75 Å². The van der Waals surface area contributed by atoms with Crippen LogP contribution in [0.1, 0.15) is 28.6 Å². The van der Waals surface area contributed by atoms with E-state index in [1.54, 1.807) is 6.07 Å². The number of hydrogen-bond donors (Lipinski definition) is 2. The molecular formula is C20H24N2O8. The number of nitrogens with zero attached hydrogens (tertiary/aromatic N) is 2. The highest BCUT2D eigenvalue weighted by Gasteiger charge is 2.35. The van der Waals surface area contributed by atoms with Crippen LogP contribution in [-0.4, -0.2) is 58.2 Å². The van der Waals surface area contributed by atoms with Crippen molar-refractivity contribution in [3.63, 3.8) is 0 Å². The Bertz CT molecular complexity index is 1060. The van der Waals surface area contributed by atoms with Gasteiger partial charge in [0.2, 0.25) is 0 Å². The van der Waals surface area contributed by atoms with Gasteiger partial charge in [0.05, 0.1) is 39.0 Å². The molecule has 1 saturated heterocycles. The van der Waals surface area contributed by atoms with Crippen LogP contribution >= 0.6 is 0 Å². The van der Waals surface area contributed by atoms with Crippen molar-refractivity contribution in [1.29, 1.82) is 0 Å². The van der Waals surface area contributed by atoms with Gasteiger partial charge >= 0.3 is 5.69 Å². The Morgan fingerprint density at radius 1 is 1.27 bits per heavy atom. The molecule has 3 atom stereocenters. The van der Waals surface area contributed by atoms with Crippen LogP contribution < -0.4 is 20.7 Å². The molecule has 2 heterocycles. The first-order valence-electron chi connectivity index (χ1n) is 9.32. The van der Waals surface area contributed by atoms with E-state index in [9.17, 15) is 24.6 Å². The van der Waals surface area contributed by atoms with E-state index in [2.05, 4.69) is 0 Å². The van der Waals surface area contributed by atoms with Crippen LogP contribution in [0.5, 0.6) is 11.5 Å². The van der Waals surface area contributed by atoms with Gasteiger partial charge in [0, 0.05) is 24.2 Å². The quantitative estimate of drug-likeness (QED) is 0.592. The van der Waals surface area contributed by atoms with Crippen LogP contribution in [0.15, 0.2) is 34.0 Å². The highest BCUT2D eigenvalue weighted by molar-refractivity contribution is 5.98. The predicted octanol–water partition coefficient (Wildman–Crippen LogP) is -0.141. The number of rotatable bonds is 7. The molecule has 1 aromatic heterocycles. The molecule has 10 nitrogen and oxygen atoms in total. The minimum atomic E-state index is -0.947. The first kappa shape index (κ1) is 21.8. The third-order valence-electron chi connectivity index (χ3n) is 5.07. The van der Waals surface area contributed by atoms with Gasteiger partial charge in [-0.05, 0) is 19.1 Å². The molecule has 0 amide bonds. The molecular weight excluding hydrogens is 396 g/mol. The van der Waals surface area contributed by atoms with Crippen LogP contribution in [0.4, 0.5) is 0 Å². The number of carbonyl (C=O) groups is 1. The zero-order valence-corrected chi connectivity index (χ0v) is 16.9. The summed E-state index contributed by atoms with van der Waals surface area (Å²) >= 11 is 0. The summed E-state index contributed by atoms with van der Waals surface area (Å²) in [5.41, 5.74) is -0.920. The lowest BCUT2D eigenvalue weighted by Crippen LogP contribution is -2.43. The van der Waals surface area contributed by atoms with Crippen molar-refractivity contribution in [2.24, 2.45) is 0 Å². The lowest BCUT2D eigenvalue weighted by atomic mass is 10.1. The maximum Gasteiger partial charge on any atom is 0.333 e. The molecule has 0 aliphatic carbocycles. The van der Waals surface area contributed by atoms with Crippen molar-refractivity contribution in [1.82, 2.24) is 9.13 Å². The molecule has 0 bridgehead atoms. The summed E-state index contributed by atoms with van der Waals surface area (Å²) in [5.74, 6) is 0.258. The first-order chi connectivity index (χ1) is 14.3. The monoisotopic (exact) mass is 420 g/mol. The number of aliphatic hydroxyl groups excluding tert-OH is 2. The number of hydrogen-bond acceptors (Lipinski definition) is 8. The maximum atomic E-state index is 13.0. The number of aliphatic hydroxyl groups is 2. The Morgan fingerprint density at radius 3 is 2.60 bits per heavy atom. The number of aryl methyl sites for hydroxylation is 1. The number of methoxy groups -OCH3 is 2. The van der Waals surface area contributed by atoms with Gasteiger partial charge in [0.25, 0.3) is 5.56 Å². The van der Waals surface area contributed by atoms with E-state index in [-0.39, 0.29) is 23.3 Å². The van der Waals surface area contributed by atoms with Gasteiger partial charge < -0.3 is 24.4 Å². The van der Waals surface area contributed by atoms with Crippen molar-refractivity contribution in [2.45, 2.75) is 38.3 Å². The van der Waals surface area contributed by atoms with Gasteiger partial charge in [-0.3, -0.25) is 18.7 Å². The fraction of sp³-hybridized carbons (Fsp3) is 0.450. The van der Waals surface area contributed by atoms with E-state index in [1.165, 1.54) is 39.5 Å². The summed E-state index contributed by atoms with van der Waals surface area (Å²) in [6.07, 6.45) is -1.23. The van der Waals surface area contributed by atoms with Gasteiger partial charge in [-0.25, -0.2) is 4.79 Å². The zero-order valence-electron chi connectivity index (χ0n) is 16.9. The molecule has 10 heteroatoms. The molecule has 1 aliphatic rings. The highest BCUT2D eigenvalue weighted by Crippen LogP contribution is 2.27. The summed E-state index contributed by atoms with van der Waals surface area (Å²) in [5, 5.41) is 19.2.